The molecule has 0 aromatic heterocycles. The van der Waals surface area contributed by atoms with Crippen LogP contribution in [-0.4, -0.2) is 42.6 Å². The van der Waals surface area contributed by atoms with Crippen molar-refractivity contribution in [2.75, 3.05) is 19.8 Å². The number of carbonyl (C=O) groups excluding carboxylic acids is 2. The summed E-state index contributed by atoms with van der Waals surface area (Å²) in [5.41, 5.74) is 5.39. The van der Waals surface area contributed by atoms with Crippen molar-refractivity contribution < 1.29 is 46.8 Å². The molecule has 0 spiro atoms. The number of aliphatic hydroxyl groups excluding tert-OH is 1. The van der Waals surface area contributed by atoms with Gasteiger partial charge in [-0.25, -0.2) is 9.59 Å². The zero-order valence-electron chi connectivity index (χ0n) is 19.8. The molecule has 2 aromatic rings. The number of aliphatic hydroxyl groups is 1. The van der Waals surface area contributed by atoms with Crippen molar-refractivity contribution in [3.05, 3.63) is 59.2 Å². The highest BCUT2D eigenvalue weighted by Gasteiger charge is 2.59. The van der Waals surface area contributed by atoms with E-state index in [0.29, 0.717) is 5.56 Å². The Bertz CT molecular complexity index is 1070. The van der Waals surface area contributed by atoms with Crippen molar-refractivity contribution in [3.63, 3.8) is 0 Å². The number of benzene rings is 2. The summed E-state index contributed by atoms with van der Waals surface area (Å²) in [6.45, 7) is 3.17. The van der Waals surface area contributed by atoms with E-state index >= 15 is 0 Å². The van der Waals surface area contributed by atoms with E-state index in [1.807, 2.05) is 0 Å². The number of esters is 2. The number of hydrogen-bond acceptors (Lipinski definition) is 8. The molecule has 0 amide bonds. The van der Waals surface area contributed by atoms with Gasteiger partial charge in [-0.1, -0.05) is 24.3 Å². The van der Waals surface area contributed by atoms with Gasteiger partial charge in [-0.15, -0.1) is 0 Å². The van der Waals surface area contributed by atoms with Crippen LogP contribution in [0.25, 0.3) is 0 Å². The van der Waals surface area contributed by atoms with Gasteiger partial charge in [0.05, 0.1) is 24.9 Å². The number of halogens is 3. The second kappa shape index (κ2) is 11.2. The van der Waals surface area contributed by atoms with Crippen LogP contribution in [0.1, 0.15) is 43.1 Å². The minimum Gasteiger partial charge on any atom is -0.460 e. The van der Waals surface area contributed by atoms with Crippen LogP contribution in [0.3, 0.4) is 0 Å². The number of fused-ring (bicyclic) bond motifs is 1. The lowest BCUT2D eigenvalue weighted by atomic mass is 9.89. The first kappa shape index (κ1) is 27.3. The average Bonchev–Trinajstić information content (AvgIpc) is 3.23. The summed E-state index contributed by atoms with van der Waals surface area (Å²) in [7, 11) is 0. The third-order valence-corrected chi connectivity index (χ3v) is 5.64. The van der Waals surface area contributed by atoms with Gasteiger partial charge < -0.3 is 29.8 Å². The molecule has 2 aromatic carbocycles. The van der Waals surface area contributed by atoms with Crippen LogP contribution < -0.4 is 15.2 Å². The summed E-state index contributed by atoms with van der Waals surface area (Å²) in [4.78, 5) is 25.0. The molecule has 0 radical (unpaired) electrons. The van der Waals surface area contributed by atoms with E-state index in [2.05, 4.69) is 0 Å². The third kappa shape index (κ3) is 5.73. The van der Waals surface area contributed by atoms with E-state index in [9.17, 15) is 27.9 Å². The lowest BCUT2D eigenvalue weighted by Gasteiger charge is -2.22. The zero-order valence-corrected chi connectivity index (χ0v) is 19.8. The van der Waals surface area contributed by atoms with Crippen molar-refractivity contribution in [3.8, 4) is 11.5 Å². The standard InChI is InChI=1S/C25H28F3NO7/c1-3-33-22(31)24(23(32)34-4-2)35-20-10-9-15(13-21(20)36-24)11-16(14-29)12-19(30)17-7-5-6-8-18(17)25(26,27)28/h5-10,13,16,19,30H,3-4,11-12,14,29H2,1-2H3. The van der Waals surface area contributed by atoms with Crippen molar-refractivity contribution in [2.45, 2.75) is 44.8 Å². The molecule has 2 atom stereocenters. The Kier molecular flexibility index (Phi) is 8.47. The van der Waals surface area contributed by atoms with Gasteiger partial charge in [0.15, 0.2) is 11.5 Å². The molecule has 0 bridgehead atoms. The highest BCUT2D eigenvalue weighted by Crippen LogP contribution is 2.42. The first-order valence-corrected chi connectivity index (χ1v) is 11.4. The van der Waals surface area contributed by atoms with Crippen LogP contribution in [0, 0.1) is 5.92 Å². The van der Waals surface area contributed by atoms with Crippen LogP contribution in [0.5, 0.6) is 11.5 Å². The molecule has 8 nitrogen and oxygen atoms in total. The molecule has 3 rings (SSSR count). The minimum atomic E-state index is -4.60. The maximum Gasteiger partial charge on any atom is 0.453 e. The van der Waals surface area contributed by atoms with Crippen molar-refractivity contribution >= 4 is 11.9 Å². The summed E-state index contributed by atoms with van der Waals surface area (Å²) in [5, 5.41) is 10.6. The fourth-order valence-corrected chi connectivity index (χ4v) is 3.96. The van der Waals surface area contributed by atoms with Gasteiger partial charge in [-0.2, -0.15) is 13.2 Å². The van der Waals surface area contributed by atoms with Crippen LogP contribution in [0.4, 0.5) is 13.2 Å². The molecule has 0 saturated carbocycles. The normalized spacial score (nSPS) is 15.8. The molecule has 0 fully saturated rings. The van der Waals surface area contributed by atoms with Gasteiger partial charge in [0.25, 0.3) is 0 Å². The maximum atomic E-state index is 13.3. The number of nitrogens with two attached hydrogens (primary N) is 1. The quantitative estimate of drug-likeness (QED) is 0.368. The van der Waals surface area contributed by atoms with Gasteiger partial charge >= 0.3 is 23.9 Å². The van der Waals surface area contributed by atoms with Gasteiger partial charge in [0, 0.05) is 0 Å². The van der Waals surface area contributed by atoms with Crippen molar-refractivity contribution in [2.24, 2.45) is 11.7 Å². The fraction of sp³-hybridized carbons (Fsp3) is 0.440. The Hall–Kier alpha value is -3.31. The van der Waals surface area contributed by atoms with Crippen LogP contribution in [0.2, 0.25) is 0 Å². The van der Waals surface area contributed by atoms with E-state index in [4.69, 9.17) is 24.7 Å². The highest BCUT2D eigenvalue weighted by molar-refractivity contribution is 6.03. The molecule has 0 aliphatic carbocycles. The second-order valence-corrected chi connectivity index (χ2v) is 8.19. The lowest BCUT2D eigenvalue weighted by molar-refractivity contribution is -0.202. The molecule has 1 aliphatic rings. The predicted molar refractivity (Wildman–Crippen MR) is 121 cm³/mol. The number of alkyl halides is 3. The summed E-state index contributed by atoms with van der Waals surface area (Å²) < 4.78 is 61.1. The van der Waals surface area contributed by atoms with Crippen molar-refractivity contribution in [1.82, 2.24) is 0 Å². The van der Waals surface area contributed by atoms with E-state index in [1.165, 1.54) is 30.3 Å². The smallest absolute Gasteiger partial charge is 0.453 e. The Labute approximate surface area is 206 Å². The van der Waals surface area contributed by atoms with Crippen LogP contribution in [0.15, 0.2) is 42.5 Å². The number of rotatable bonds is 10. The zero-order chi connectivity index (χ0) is 26.5. The average molecular weight is 511 g/mol. The van der Waals surface area contributed by atoms with Gasteiger partial charge in [-0.3, -0.25) is 0 Å². The van der Waals surface area contributed by atoms with Gasteiger partial charge in [-0.05, 0) is 68.5 Å². The third-order valence-electron chi connectivity index (χ3n) is 5.64. The summed E-state index contributed by atoms with van der Waals surface area (Å²) >= 11 is 0. The maximum absolute atomic E-state index is 13.3. The monoisotopic (exact) mass is 511 g/mol. The Balaban J connectivity index is 1.78. The molecular formula is C25H28F3NO7. The summed E-state index contributed by atoms with van der Waals surface area (Å²) in [6.07, 6.45) is -5.72. The molecule has 11 heteroatoms. The molecule has 36 heavy (non-hydrogen) atoms. The number of carbonyl (C=O) groups is 2. The van der Waals surface area contributed by atoms with Crippen LogP contribution >= 0.6 is 0 Å². The van der Waals surface area contributed by atoms with E-state index in [0.717, 1.165) is 6.07 Å². The van der Waals surface area contributed by atoms with Gasteiger partial charge in [0.2, 0.25) is 0 Å². The minimum absolute atomic E-state index is 0.0202. The molecule has 3 N–H and O–H groups in total. The Morgan fingerprint density at radius 1 is 1.03 bits per heavy atom. The van der Waals surface area contributed by atoms with Crippen LogP contribution in [-0.2, 0) is 31.7 Å². The largest absolute Gasteiger partial charge is 0.460 e. The summed E-state index contributed by atoms with van der Waals surface area (Å²) in [5.74, 6) is -4.74. The number of hydrogen-bond donors (Lipinski definition) is 2. The first-order valence-electron chi connectivity index (χ1n) is 11.4. The molecule has 1 aliphatic heterocycles. The molecular weight excluding hydrogens is 483 g/mol. The Morgan fingerprint density at radius 3 is 2.22 bits per heavy atom. The van der Waals surface area contributed by atoms with Crippen molar-refractivity contribution in [1.29, 1.82) is 0 Å². The number of ether oxygens (including phenoxy) is 4. The predicted octanol–water partition coefficient (Wildman–Crippen LogP) is 3.54. The molecule has 2 unspecified atom stereocenters. The molecule has 1 heterocycles. The molecule has 0 saturated heterocycles. The SMILES string of the molecule is CCOC(=O)C1(C(=O)OCC)Oc2ccc(CC(CN)CC(O)c3ccccc3C(F)(F)F)cc2O1. The molecule has 196 valence electrons. The Morgan fingerprint density at radius 2 is 1.64 bits per heavy atom. The highest BCUT2D eigenvalue weighted by atomic mass is 19.4. The lowest BCUT2D eigenvalue weighted by Crippen LogP contribution is -2.55. The topological polar surface area (TPSA) is 117 Å². The van der Waals surface area contributed by atoms with E-state index in [1.54, 1.807) is 19.9 Å². The first-order chi connectivity index (χ1) is 17.1. The van der Waals surface area contributed by atoms with E-state index in [-0.39, 0.29) is 55.6 Å². The van der Waals surface area contributed by atoms with E-state index < -0.39 is 35.6 Å². The summed E-state index contributed by atoms with van der Waals surface area (Å²) in [6, 6.07) is 9.54. The second-order valence-electron chi connectivity index (χ2n) is 8.19. The fourth-order valence-electron chi connectivity index (χ4n) is 3.96. The van der Waals surface area contributed by atoms with Gasteiger partial charge in [0.1, 0.15) is 0 Å².